The van der Waals surface area contributed by atoms with Gasteiger partial charge in [-0.3, -0.25) is 0 Å². The first-order valence-electron chi connectivity index (χ1n) is 9.07. The number of rotatable bonds is 5. The van der Waals surface area contributed by atoms with Crippen molar-refractivity contribution in [3.63, 3.8) is 0 Å². The number of hydrogen-bond acceptors (Lipinski definition) is 5. The zero-order chi connectivity index (χ0) is 19.3. The summed E-state index contributed by atoms with van der Waals surface area (Å²) in [5, 5.41) is 3.58. The highest BCUT2D eigenvalue weighted by Gasteiger charge is 2.50. The van der Waals surface area contributed by atoms with Gasteiger partial charge in [-0.15, -0.1) is 0 Å². The van der Waals surface area contributed by atoms with E-state index in [2.05, 4.69) is 10.0 Å². The molecule has 7 nitrogen and oxygen atoms in total. The molecular formula is C20H20FN3O4. The van der Waals surface area contributed by atoms with E-state index < -0.39 is 37.0 Å². The lowest BCUT2D eigenvalue weighted by Crippen LogP contribution is -2.60. The standard InChI is InChI=1S/C20H20FN3O4/c21-16-17(23-24-22)20(25-11-13-7-3-1-4-8-13)27-15-12-26-19(28-18(15)16)14-9-5-2-6-10-14/h1-10,15-20H,11-12H2/t15-,16+,17?,18?,19?,20?/m1/s1. The molecule has 0 aliphatic carbocycles. The summed E-state index contributed by atoms with van der Waals surface area (Å²) < 4.78 is 38.3. The highest BCUT2D eigenvalue weighted by molar-refractivity contribution is 5.17. The Labute approximate surface area is 161 Å². The molecule has 0 spiro atoms. The van der Waals surface area contributed by atoms with E-state index in [4.69, 9.17) is 24.5 Å². The molecule has 0 saturated carbocycles. The van der Waals surface area contributed by atoms with Crippen LogP contribution < -0.4 is 0 Å². The van der Waals surface area contributed by atoms with Crippen LogP contribution in [-0.4, -0.2) is 37.3 Å². The Hall–Kier alpha value is -2.48. The van der Waals surface area contributed by atoms with Gasteiger partial charge in [0.15, 0.2) is 12.6 Å². The van der Waals surface area contributed by atoms with Gasteiger partial charge < -0.3 is 18.9 Å². The minimum absolute atomic E-state index is 0.152. The lowest BCUT2D eigenvalue weighted by Gasteiger charge is -2.45. The molecule has 2 aliphatic rings. The third-order valence-electron chi connectivity index (χ3n) is 4.80. The molecule has 0 bridgehead atoms. The average Bonchev–Trinajstić information content (AvgIpc) is 2.76. The fourth-order valence-corrected chi connectivity index (χ4v) is 3.39. The third kappa shape index (κ3) is 4.01. The first-order valence-corrected chi connectivity index (χ1v) is 9.07. The number of fused-ring (bicyclic) bond motifs is 1. The number of ether oxygens (including phenoxy) is 4. The summed E-state index contributed by atoms with van der Waals surface area (Å²) in [5.74, 6) is 0. The molecule has 2 fully saturated rings. The summed E-state index contributed by atoms with van der Waals surface area (Å²) in [7, 11) is 0. The molecule has 0 radical (unpaired) electrons. The van der Waals surface area contributed by atoms with E-state index in [0.717, 1.165) is 11.1 Å². The Bertz CT molecular complexity index is 819. The number of azide groups is 1. The van der Waals surface area contributed by atoms with Crippen LogP contribution >= 0.6 is 0 Å². The fraction of sp³-hybridized carbons (Fsp3) is 0.400. The largest absolute Gasteiger partial charge is 0.347 e. The summed E-state index contributed by atoms with van der Waals surface area (Å²) in [6, 6.07) is 17.6. The number of benzene rings is 2. The van der Waals surface area contributed by atoms with Crippen molar-refractivity contribution in [2.45, 2.75) is 43.6 Å². The van der Waals surface area contributed by atoms with Crippen molar-refractivity contribution >= 4 is 0 Å². The van der Waals surface area contributed by atoms with Crippen molar-refractivity contribution in [2.24, 2.45) is 5.11 Å². The molecule has 2 heterocycles. The van der Waals surface area contributed by atoms with E-state index in [-0.39, 0.29) is 13.2 Å². The normalized spacial score (nSPS) is 32.2. The zero-order valence-electron chi connectivity index (χ0n) is 15.0. The Kier molecular flexibility index (Phi) is 5.85. The highest BCUT2D eigenvalue weighted by atomic mass is 19.1. The second-order valence-electron chi connectivity index (χ2n) is 6.66. The SMILES string of the molecule is [N-]=[N+]=NC1C(OCc2ccccc2)O[C@@H]2COC(c3ccccc3)OC2[C@H]1F. The molecule has 2 saturated heterocycles. The number of alkyl halides is 1. The first kappa shape index (κ1) is 18.9. The van der Waals surface area contributed by atoms with Crippen LogP contribution in [0.3, 0.4) is 0 Å². The van der Waals surface area contributed by atoms with Gasteiger partial charge in [-0.05, 0) is 11.1 Å². The first-order chi connectivity index (χ1) is 13.8. The smallest absolute Gasteiger partial charge is 0.184 e. The molecular weight excluding hydrogens is 365 g/mol. The summed E-state index contributed by atoms with van der Waals surface area (Å²) >= 11 is 0. The maximum absolute atomic E-state index is 15.2. The summed E-state index contributed by atoms with van der Waals surface area (Å²) in [5.41, 5.74) is 10.6. The van der Waals surface area contributed by atoms with E-state index in [1.165, 1.54) is 0 Å². The maximum Gasteiger partial charge on any atom is 0.184 e. The van der Waals surface area contributed by atoms with E-state index in [1.807, 2.05) is 60.7 Å². The van der Waals surface area contributed by atoms with Gasteiger partial charge in [0.05, 0.1) is 13.2 Å². The third-order valence-corrected chi connectivity index (χ3v) is 4.80. The molecule has 8 heteroatoms. The van der Waals surface area contributed by atoms with Crippen molar-refractivity contribution in [1.82, 2.24) is 0 Å². The molecule has 146 valence electrons. The fourth-order valence-electron chi connectivity index (χ4n) is 3.39. The Morgan fingerprint density at radius 2 is 1.79 bits per heavy atom. The van der Waals surface area contributed by atoms with Crippen LogP contribution in [0, 0.1) is 0 Å². The molecule has 2 aromatic rings. The molecule has 2 aromatic carbocycles. The predicted octanol–water partition coefficient (Wildman–Crippen LogP) is 4.06. The Morgan fingerprint density at radius 3 is 2.50 bits per heavy atom. The molecule has 6 atom stereocenters. The minimum atomic E-state index is -1.58. The van der Waals surface area contributed by atoms with Crippen LogP contribution in [0.15, 0.2) is 65.8 Å². The van der Waals surface area contributed by atoms with Crippen molar-refractivity contribution in [1.29, 1.82) is 0 Å². The lowest BCUT2D eigenvalue weighted by molar-refractivity contribution is -0.336. The van der Waals surface area contributed by atoms with Gasteiger partial charge in [0.1, 0.15) is 24.4 Å². The number of hydrogen-bond donors (Lipinski definition) is 0. The van der Waals surface area contributed by atoms with Crippen molar-refractivity contribution < 1.29 is 23.3 Å². The Morgan fingerprint density at radius 1 is 1.07 bits per heavy atom. The second-order valence-corrected chi connectivity index (χ2v) is 6.66. The quantitative estimate of drug-likeness (QED) is 0.441. The lowest BCUT2D eigenvalue weighted by atomic mass is 9.97. The van der Waals surface area contributed by atoms with Crippen LogP contribution in [0.2, 0.25) is 0 Å². The van der Waals surface area contributed by atoms with Gasteiger partial charge in [0.2, 0.25) is 0 Å². The average molecular weight is 385 g/mol. The van der Waals surface area contributed by atoms with E-state index >= 15 is 4.39 Å². The van der Waals surface area contributed by atoms with Gasteiger partial charge >= 0.3 is 0 Å². The molecule has 0 N–H and O–H groups in total. The summed E-state index contributed by atoms with van der Waals surface area (Å²) in [4.78, 5) is 2.77. The Balaban J connectivity index is 1.47. The van der Waals surface area contributed by atoms with E-state index in [1.54, 1.807) is 0 Å². The monoisotopic (exact) mass is 385 g/mol. The van der Waals surface area contributed by atoms with Gasteiger partial charge in [0.25, 0.3) is 0 Å². The molecule has 0 aromatic heterocycles. The van der Waals surface area contributed by atoms with Crippen LogP contribution in [-0.2, 0) is 25.6 Å². The molecule has 2 aliphatic heterocycles. The van der Waals surface area contributed by atoms with E-state index in [0.29, 0.717) is 0 Å². The zero-order valence-corrected chi connectivity index (χ0v) is 15.0. The van der Waals surface area contributed by atoms with Crippen LogP contribution in [0.1, 0.15) is 17.4 Å². The summed E-state index contributed by atoms with van der Waals surface area (Å²) in [6.45, 7) is 0.361. The van der Waals surface area contributed by atoms with Crippen molar-refractivity contribution in [3.05, 3.63) is 82.2 Å². The van der Waals surface area contributed by atoms with Crippen LogP contribution in [0.4, 0.5) is 4.39 Å². The van der Waals surface area contributed by atoms with Gasteiger partial charge in [-0.2, -0.15) is 0 Å². The van der Waals surface area contributed by atoms with E-state index in [9.17, 15) is 0 Å². The topological polar surface area (TPSA) is 85.7 Å². The second kappa shape index (κ2) is 8.68. The highest BCUT2D eigenvalue weighted by Crippen LogP contribution is 2.36. The summed E-state index contributed by atoms with van der Waals surface area (Å²) in [6.07, 6.45) is -4.86. The van der Waals surface area contributed by atoms with Crippen molar-refractivity contribution in [2.75, 3.05) is 6.61 Å². The number of nitrogens with zero attached hydrogens (tertiary/aromatic N) is 3. The molecule has 4 unspecified atom stereocenters. The number of halogens is 1. The van der Waals surface area contributed by atoms with Crippen LogP contribution in [0.5, 0.6) is 0 Å². The molecule has 28 heavy (non-hydrogen) atoms. The van der Waals surface area contributed by atoms with Crippen LogP contribution in [0.25, 0.3) is 10.4 Å². The predicted molar refractivity (Wildman–Crippen MR) is 97.7 cm³/mol. The molecule has 4 rings (SSSR count). The molecule has 0 amide bonds. The maximum atomic E-state index is 15.2. The minimum Gasteiger partial charge on any atom is -0.347 e. The van der Waals surface area contributed by atoms with Gasteiger partial charge in [-0.1, -0.05) is 65.8 Å². The van der Waals surface area contributed by atoms with Crippen molar-refractivity contribution in [3.8, 4) is 0 Å². The van der Waals surface area contributed by atoms with Gasteiger partial charge in [0, 0.05) is 10.5 Å². The van der Waals surface area contributed by atoms with Gasteiger partial charge in [-0.25, -0.2) is 4.39 Å².